The molecule has 4 rings (SSSR count). The summed E-state index contributed by atoms with van der Waals surface area (Å²) in [6.07, 6.45) is 0. The lowest BCUT2D eigenvalue weighted by atomic mass is 9.86. The van der Waals surface area contributed by atoms with Crippen molar-refractivity contribution in [3.63, 3.8) is 0 Å². The second kappa shape index (κ2) is 11.0. The zero-order valence-electron chi connectivity index (χ0n) is 19.8. The second-order valence-electron chi connectivity index (χ2n) is 8.24. The van der Waals surface area contributed by atoms with E-state index in [1.165, 1.54) is 0 Å². The summed E-state index contributed by atoms with van der Waals surface area (Å²) in [5, 5.41) is 32.7. The fourth-order valence-corrected chi connectivity index (χ4v) is 3.91. The Labute approximate surface area is 211 Å². The van der Waals surface area contributed by atoms with Crippen molar-refractivity contribution in [1.82, 2.24) is 0 Å². The lowest BCUT2D eigenvalue weighted by Gasteiger charge is -2.24. The minimum absolute atomic E-state index is 0.0926. The maximum Gasteiger partial charge on any atom is 0.177 e. The first-order chi connectivity index (χ1) is 17.5. The van der Waals surface area contributed by atoms with E-state index >= 15 is 0 Å². The van der Waals surface area contributed by atoms with Crippen molar-refractivity contribution >= 4 is 0 Å². The van der Waals surface area contributed by atoms with Crippen LogP contribution in [0.4, 0.5) is 0 Å². The van der Waals surface area contributed by atoms with Gasteiger partial charge in [0.25, 0.3) is 0 Å². The van der Waals surface area contributed by atoms with Crippen LogP contribution in [0.5, 0.6) is 5.75 Å². The Morgan fingerprint density at radius 1 is 0.583 bits per heavy atom. The molecule has 0 saturated carbocycles. The molecule has 2 unspecified atom stereocenters. The van der Waals surface area contributed by atoms with Crippen LogP contribution < -0.4 is 4.74 Å². The number of benzene rings is 4. The van der Waals surface area contributed by atoms with E-state index in [2.05, 4.69) is 23.7 Å². The third-order valence-electron chi connectivity index (χ3n) is 5.99. The molecule has 0 saturated heterocycles. The highest BCUT2D eigenvalue weighted by Crippen LogP contribution is 2.31. The van der Waals surface area contributed by atoms with Crippen LogP contribution in [0, 0.1) is 23.7 Å². The molecule has 0 amide bonds. The largest absolute Gasteiger partial charge is 0.497 e. The molecule has 4 aromatic carbocycles. The quantitative estimate of drug-likeness (QED) is 0.363. The third kappa shape index (κ3) is 5.18. The average Bonchev–Trinajstić information content (AvgIpc) is 2.96. The molecule has 0 aliphatic carbocycles. The zero-order valence-corrected chi connectivity index (χ0v) is 19.8. The number of rotatable bonds is 6. The van der Waals surface area contributed by atoms with E-state index < -0.39 is 11.2 Å². The predicted molar refractivity (Wildman–Crippen MR) is 140 cm³/mol. The smallest absolute Gasteiger partial charge is 0.177 e. The van der Waals surface area contributed by atoms with Crippen molar-refractivity contribution in [3.05, 3.63) is 137 Å². The van der Waals surface area contributed by atoms with Gasteiger partial charge in [-0.25, -0.2) is 0 Å². The van der Waals surface area contributed by atoms with Gasteiger partial charge < -0.3 is 20.1 Å². The highest BCUT2D eigenvalue weighted by Gasteiger charge is 2.30. The summed E-state index contributed by atoms with van der Waals surface area (Å²) >= 11 is 0. The Balaban J connectivity index is 1.78. The average molecular weight is 475 g/mol. The van der Waals surface area contributed by atoms with Crippen LogP contribution in [0.3, 0.4) is 0 Å². The molecule has 3 N–H and O–H groups in total. The lowest BCUT2D eigenvalue weighted by molar-refractivity contribution is 0.144. The van der Waals surface area contributed by atoms with E-state index in [4.69, 9.17) is 4.74 Å². The Morgan fingerprint density at radius 3 is 1.36 bits per heavy atom. The van der Waals surface area contributed by atoms with Gasteiger partial charge in [0.2, 0.25) is 0 Å². The van der Waals surface area contributed by atoms with Crippen molar-refractivity contribution in [2.45, 2.75) is 17.8 Å². The van der Waals surface area contributed by atoms with Crippen molar-refractivity contribution in [3.8, 4) is 29.4 Å². The summed E-state index contributed by atoms with van der Waals surface area (Å²) in [4.78, 5) is 0. The molecule has 2 atom stereocenters. The zero-order chi connectivity index (χ0) is 25.4. The molecule has 0 radical (unpaired) electrons. The molecule has 0 aliphatic rings. The van der Waals surface area contributed by atoms with E-state index in [9.17, 15) is 15.3 Å². The highest BCUT2D eigenvalue weighted by atomic mass is 16.5. The molecule has 0 aliphatic heterocycles. The molecule has 4 aromatic rings. The Bertz CT molecular complexity index is 1290. The number of aliphatic hydroxyl groups excluding tert-OH is 1. The first kappa shape index (κ1) is 24.8. The van der Waals surface area contributed by atoms with Gasteiger partial charge in [0.1, 0.15) is 5.75 Å². The SMILES string of the molecule is COc1ccc(C(O)(C#CC#CC(O)(c2ccccc2)c2ccc(CO)cc2)c2ccccc2)cc1. The second-order valence-corrected chi connectivity index (χ2v) is 8.24. The van der Waals surface area contributed by atoms with Gasteiger partial charge in [-0.05, 0) is 41.4 Å². The van der Waals surface area contributed by atoms with Crippen molar-refractivity contribution < 1.29 is 20.1 Å². The van der Waals surface area contributed by atoms with E-state index in [-0.39, 0.29) is 6.61 Å². The minimum atomic E-state index is -1.63. The van der Waals surface area contributed by atoms with Crippen LogP contribution in [-0.4, -0.2) is 22.4 Å². The predicted octanol–water partition coefficient (Wildman–Crippen LogP) is 4.37. The third-order valence-corrected chi connectivity index (χ3v) is 5.99. The molecule has 0 spiro atoms. The number of methoxy groups -OCH3 is 1. The molecule has 36 heavy (non-hydrogen) atoms. The van der Waals surface area contributed by atoms with Crippen LogP contribution in [0.1, 0.15) is 27.8 Å². The summed E-state index contributed by atoms with van der Waals surface area (Å²) in [6.45, 7) is -0.0926. The minimum Gasteiger partial charge on any atom is -0.497 e. The van der Waals surface area contributed by atoms with Gasteiger partial charge in [-0.2, -0.15) is 0 Å². The summed E-state index contributed by atoms with van der Waals surface area (Å²) in [6, 6.07) is 32.2. The summed E-state index contributed by atoms with van der Waals surface area (Å²) in [5.74, 6) is 12.0. The van der Waals surface area contributed by atoms with E-state index in [1.807, 2.05) is 36.4 Å². The summed E-state index contributed by atoms with van der Waals surface area (Å²) in [7, 11) is 1.58. The van der Waals surface area contributed by atoms with Gasteiger partial charge >= 0.3 is 0 Å². The van der Waals surface area contributed by atoms with Crippen LogP contribution in [0.2, 0.25) is 0 Å². The molecule has 0 fully saturated rings. The van der Waals surface area contributed by atoms with Gasteiger partial charge in [-0.15, -0.1) is 0 Å². The van der Waals surface area contributed by atoms with Crippen LogP contribution in [0.15, 0.2) is 109 Å². The van der Waals surface area contributed by atoms with E-state index in [1.54, 1.807) is 79.9 Å². The van der Waals surface area contributed by atoms with Crippen molar-refractivity contribution in [2.24, 2.45) is 0 Å². The van der Waals surface area contributed by atoms with Crippen LogP contribution >= 0.6 is 0 Å². The Hall–Kier alpha value is -4.32. The Morgan fingerprint density at radius 2 is 0.972 bits per heavy atom. The maximum atomic E-state index is 11.7. The Kier molecular flexibility index (Phi) is 7.54. The van der Waals surface area contributed by atoms with Gasteiger partial charge in [-0.1, -0.05) is 97.1 Å². The summed E-state index contributed by atoms with van der Waals surface area (Å²) < 4.78 is 5.24. The molecule has 0 bridgehead atoms. The highest BCUT2D eigenvalue weighted by molar-refractivity contribution is 5.50. The molecular weight excluding hydrogens is 448 g/mol. The van der Waals surface area contributed by atoms with Crippen LogP contribution in [0.25, 0.3) is 0 Å². The first-order valence-electron chi connectivity index (χ1n) is 11.4. The van der Waals surface area contributed by atoms with Crippen LogP contribution in [-0.2, 0) is 17.8 Å². The number of aliphatic hydroxyl groups is 3. The molecule has 4 heteroatoms. The van der Waals surface area contributed by atoms with Gasteiger partial charge in [0, 0.05) is 22.3 Å². The molecule has 178 valence electrons. The molecular formula is C32H26O4. The number of ether oxygens (including phenoxy) is 1. The molecule has 0 heterocycles. The fraction of sp³-hybridized carbons (Fsp3) is 0.125. The van der Waals surface area contributed by atoms with Crippen molar-refractivity contribution in [2.75, 3.05) is 7.11 Å². The van der Waals surface area contributed by atoms with E-state index in [0.717, 1.165) is 5.56 Å². The molecule has 4 nitrogen and oxygen atoms in total. The van der Waals surface area contributed by atoms with Crippen molar-refractivity contribution in [1.29, 1.82) is 0 Å². The van der Waals surface area contributed by atoms with Gasteiger partial charge in [0.15, 0.2) is 11.2 Å². The topological polar surface area (TPSA) is 69.9 Å². The number of hydrogen-bond donors (Lipinski definition) is 3. The molecule has 0 aromatic heterocycles. The fourth-order valence-electron chi connectivity index (χ4n) is 3.91. The van der Waals surface area contributed by atoms with Gasteiger partial charge in [-0.3, -0.25) is 0 Å². The standard InChI is InChI=1S/C32H26O4/c1-36-30-20-18-29(19-21-30)32(35,27-12-6-3-7-13-27)23-9-8-22-31(34,26-10-4-2-5-11-26)28-16-14-25(24-33)15-17-28/h2-7,10-21,33-35H,24H2,1H3. The van der Waals surface area contributed by atoms with E-state index in [0.29, 0.717) is 28.0 Å². The lowest BCUT2D eigenvalue weighted by Crippen LogP contribution is -2.26. The monoisotopic (exact) mass is 474 g/mol. The first-order valence-corrected chi connectivity index (χ1v) is 11.4. The summed E-state index contributed by atoms with van der Waals surface area (Å²) in [5.41, 5.74) is -0.207. The normalized spacial score (nSPS) is 13.7. The maximum absolute atomic E-state index is 11.7. The number of hydrogen-bond acceptors (Lipinski definition) is 4. The van der Waals surface area contributed by atoms with Gasteiger partial charge in [0.05, 0.1) is 13.7 Å².